The lowest BCUT2D eigenvalue weighted by Crippen LogP contribution is -2.52. The fraction of sp³-hybridized carbons (Fsp3) is 1.00. The zero-order valence-corrected chi connectivity index (χ0v) is 14.1. The van der Waals surface area contributed by atoms with Crippen molar-refractivity contribution in [2.24, 2.45) is 28.1 Å². The molecular weight excluding hydrogens is 230 g/mol. The number of nitrogens with one attached hydrogen (secondary N) is 1. The van der Waals surface area contributed by atoms with Gasteiger partial charge in [-0.1, -0.05) is 41.5 Å². The summed E-state index contributed by atoms with van der Waals surface area (Å²) in [5, 5.41) is 3.67. The average Bonchev–Trinajstić information content (AvgIpc) is 2.16. The maximum atomic E-state index is 3.67. The molecule has 1 nitrogen and oxygen atoms in total. The molecule has 19 heavy (non-hydrogen) atoms. The highest BCUT2D eigenvalue weighted by molar-refractivity contribution is 5.02. The van der Waals surface area contributed by atoms with E-state index < -0.39 is 0 Å². The van der Waals surface area contributed by atoms with Gasteiger partial charge >= 0.3 is 0 Å². The molecule has 1 saturated carbocycles. The van der Waals surface area contributed by atoms with E-state index in [1.807, 2.05) is 0 Å². The number of piperidine rings is 1. The zero-order valence-electron chi connectivity index (χ0n) is 14.1. The van der Waals surface area contributed by atoms with Gasteiger partial charge in [0.25, 0.3) is 0 Å². The van der Waals surface area contributed by atoms with Gasteiger partial charge < -0.3 is 5.32 Å². The first-order chi connectivity index (χ1) is 8.64. The molecule has 1 atom stereocenters. The second kappa shape index (κ2) is 5.06. The van der Waals surface area contributed by atoms with Crippen LogP contribution in [0, 0.1) is 28.1 Å². The summed E-state index contributed by atoms with van der Waals surface area (Å²) in [5.41, 5.74) is 1.66. The minimum Gasteiger partial charge on any atom is -0.316 e. The van der Waals surface area contributed by atoms with E-state index >= 15 is 0 Å². The fourth-order valence-electron chi connectivity index (χ4n) is 5.79. The molecular formula is C18H35N. The Morgan fingerprint density at radius 1 is 1.00 bits per heavy atom. The number of rotatable bonds is 2. The van der Waals surface area contributed by atoms with Gasteiger partial charge in [-0.05, 0) is 73.3 Å². The first kappa shape index (κ1) is 15.4. The summed E-state index contributed by atoms with van der Waals surface area (Å²) in [4.78, 5) is 0. The smallest absolute Gasteiger partial charge is 0.00151 e. The Hall–Kier alpha value is -0.0400. The molecule has 1 aliphatic carbocycles. The van der Waals surface area contributed by atoms with Crippen LogP contribution in [0.4, 0.5) is 0 Å². The van der Waals surface area contributed by atoms with E-state index in [-0.39, 0.29) is 0 Å². The molecule has 1 unspecified atom stereocenters. The minimum atomic E-state index is 0.522. The van der Waals surface area contributed by atoms with Crippen LogP contribution in [0.3, 0.4) is 0 Å². The Kier molecular flexibility index (Phi) is 4.09. The molecule has 1 saturated heterocycles. The predicted octanol–water partition coefficient (Wildman–Crippen LogP) is 4.86. The minimum absolute atomic E-state index is 0.522. The Bertz CT molecular complexity index is 298. The Morgan fingerprint density at radius 2 is 1.58 bits per heavy atom. The van der Waals surface area contributed by atoms with Gasteiger partial charge in [-0.25, -0.2) is 0 Å². The molecule has 2 aliphatic rings. The molecule has 1 spiro atoms. The van der Waals surface area contributed by atoms with Crippen LogP contribution in [0.1, 0.15) is 73.6 Å². The molecule has 0 bridgehead atoms. The van der Waals surface area contributed by atoms with Gasteiger partial charge in [0.1, 0.15) is 0 Å². The van der Waals surface area contributed by atoms with Gasteiger partial charge in [-0.3, -0.25) is 0 Å². The highest BCUT2D eigenvalue weighted by Crippen LogP contribution is 2.59. The molecule has 0 aromatic carbocycles. The van der Waals surface area contributed by atoms with Crippen LogP contribution in [-0.4, -0.2) is 13.1 Å². The third-order valence-corrected chi connectivity index (χ3v) is 5.43. The van der Waals surface area contributed by atoms with Crippen molar-refractivity contribution < 1.29 is 0 Å². The largest absolute Gasteiger partial charge is 0.316 e. The summed E-state index contributed by atoms with van der Waals surface area (Å²) in [5.74, 6) is 1.72. The van der Waals surface area contributed by atoms with Crippen LogP contribution in [0.25, 0.3) is 0 Å². The highest BCUT2D eigenvalue weighted by atomic mass is 14.9. The van der Waals surface area contributed by atoms with Crippen molar-refractivity contribution >= 4 is 0 Å². The van der Waals surface area contributed by atoms with E-state index in [1.165, 1.54) is 45.2 Å². The molecule has 1 aliphatic heterocycles. The van der Waals surface area contributed by atoms with Crippen LogP contribution in [0.5, 0.6) is 0 Å². The molecule has 2 fully saturated rings. The molecule has 0 aromatic heterocycles. The van der Waals surface area contributed by atoms with Crippen molar-refractivity contribution in [1.82, 2.24) is 5.32 Å². The summed E-state index contributed by atoms with van der Waals surface area (Å²) in [7, 11) is 0. The first-order valence-electron chi connectivity index (χ1n) is 8.35. The summed E-state index contributed by atoms with van der Waals surface area (Å²) in [6.45, 7) is 17.3. The van der Waals surface area contributed by atoms with E-state index in [2.05, 4.69) is 46.9 Å². The van der Waals surface area contributed by atoms with E-state index in [0.29, 0.717) is 16.2 Å². The first-order valence-corrected chi connectivity index (χ1v) is 8.35. The molecule has 0 amide bonds. The predicted molar refractivity (Wildman–Crippen MR) is 84.3 cm³/mol. The lowest BCUT2D eigenvalue weighted by atomic mass is 9.49. The van der Waals surface area contributed by atoms with Crippen molar-refractivity contribution in [3.63, 3.8) is 0 Å². The fourth-order valence-corrected chi connectivity index (χ4v) is 5.79. The third kappa shape index (κ3) is 3.54. The highest BCUT2D eigenvalue weighted by Gasteiger charge is 2.51. The molecule has 112 valence electrons. The lowest BCUT2D eigenvalue weighted by molar-refractivity contribution is -0.0621. The molecule has 1 heteroatoms. The quantitative estimate of drug-likeness (QED) is 0.751. The monoisotopic (exact) mass is 265 g/mol. The maximum Gasteiger partial charge on any atom is -0.00151 e. The van der Waals surface area contributed by atoms with Gasteiger partial charge in [0.05, 0.1) is 0 Å². The number of hydrogen-bond acceptors (Lipinski definition) is 1. The van der Waals surface area contributed by atoms with E-state index in [1.54, 1.807) is 0 Å². The van der Waals surface area contributed by atoms with Gasteiger partial charge in [-0.2, -0.15) is 0 Å². The molecule has 2 rings (SSSR count). The summed E-state index contributed by atoms with van der Waals surface area (Å²) < 4.78 is 0. The van der Waals surface area contributed by atoms with Gasteiger partial charge in [0.2, 0.25) is 0 Å². The van der Waals surface area contributed by atoms with Gasteiger partial charge in [0, 0.05) is 0 Å². The Balaban J connectivity index is 2.25. The van der Waals surface area contributed by atoms with E-state index in [0.717, 1.165) is 11.8 Å². The summed E-state index contributed by atoms with van der Waals surface area (Å²) in [6, 6.07) is 0. The Labute approximate surface area is 120 Å². The van der Waals surface area contributed by atoms with Crippen LogP contribution in [0.2, 0.25) is 0 Å². The van der Waals surface area contributed by atoms with Crippen LogP contribution < -0.4 is 5.32 Å². The van der Waals surface area contributed by atoms with E-state index in [9.17, 15) is 0 Å². The second-order valence-corrected chi connectivity index (χ2v) is 9.50. The standard InChI is InChI=1S/C18H35N/c1-14(2)9-15-10-19-8-7-18(15)12-16(3,4)11-17(5,6)13-18/h14-15,19H,7-13H2,1-6H3. The maximum absolute atomic E-state index is 3.67. The SMILES string of the molecule is CC(C)CC1CNCCC12CC(C)(C)CC(C)(C)C2. The van der Waals surface area contributed by atoms with Gasteiger partial charge in [-0.15, -0.1) is 0 Å². The van der Waals surface area contributed by atoms with Crippen LogP contribution in [0.15, 0.2) is 0 Å². The molecule has 1 heterocycles. The van der Waals surface area contributed by atoms with Crippen LogP contribution in [-0.2, 0) is 0 Å². The van der Waals surface area contributed by atoms with Crippen molar-refractivity contribution in [1.29, 1.82) is 0 Å². The summed E-state index contributed by atoms with van der Waals surface area (Å²) in [6.07, 6.45) is 7.09. The van der Waals surface area contributed by atoms with Crippen molar-refractivity contribution in [2.75, 3.05) is 13.1 Å². The topological polar surface area (TPSA) is 12.0 Å². The van der Waals surface area contributed by atoms with Gasteiger partial charge in [0.15, 0.2) is 0 Å². The Morgan fingerprint density at radius 3 is 2.11 bits per heavy atom. The van der Waals surface area contributed by atoms with Crippen LogP contribution >= 0.6 is 0 Å². The zero-order chi connectivity index (χ0) is 14.3. The summed E-state index contributed by atoms with van der Waals surface area (Å²) >= 11 is 0. The van der Waals surface area contributed by atoms with E-state index in [4.69, 9.17) is 0 Å². The number of hydrogen-bond donors (Lipinski definition) is 1. The van der Waals surface area contributed by atoms with Crippen molar-refractivity contribution in [2.45, 2.75) is 73.6 Å². The molecule has 0 radical (unpaired) electrons. The molecule has 1 N–H and O–H groups in total. The normalized spacial score (nSPS) is 32.7. The second-order valence-electron chi connectivity index (χ2n) is 9.50. The van der Waals surface area contributed by atoms with Crippen molar-refractivity contribution in [3.8, 4) is 0 Å². The van der Waals surface area contributed by atoms with Crippen molar-refractivity contribution in [3.05, 3.63) is 0 Å². The lowest BCUT2D eigenvalue weighted by Gasteiger charge is -2.57. The average molecular weight is 265 g/mol. The molecule has 0 aromatic rings. The third-order valence-electron chi connectivity index (χ3n) is 5.43.